The highest BCUT2D eigenvalue weighted by molar-refractivity contribution is 6.33. The van der Waals surface area contributed by atoms with Crippen molar-refractivity contribution in [3.63, 3.8) is 0 Å². The predicted molar refractivity (Wildman–Crippen MR) is 93.5 cm³/mol. The second-order valence-corrected chi connectivity index (χ2v) is 5.96. The van der Waals surface area contributed by atoms with Crippen LogP contribution < -0.4 is 0 Å². The van der Waals surface area contributed by atoms with E-state index in [9.17, 15) is 4.39 Å². The number of halogens is 2. The molecular weight excluding hydrogens is 325 g/mol. The largest absolute Gasteiger partial charge is 0.240 e. The highest BCUT2D eigenvalue weighted by atomic mass is 35.5. The van der Waals surface area contributed by atoms with Gasteiger partial charge >= 0.3 is 0 Å². The maximum atomic E-state index is 13.2. The Morgan fingerprint density at radius 3 is 2.54 bits per heavy atom. The molecule has 5 heteroatoms. The van der Waals surface area contributed by atoms with Gasteiger partial charge in [-0.25, -0.2) is 9.07 Å². The van der Waals surface area contributed by atoms with Gasteiger partial charge in [-0.05, 0) is 41.5 Å². The number of hydrogen-bond acceptors (Lipinski definition) is 2. The van der Waals surface area contributed by atoms with Crippen LogP contribution in [0.4, 0.5) is 4.39 Å². The van der Waals surface area contributed by atoms with Crippen LogP contribution in [0.15, 0.2) is 66.7 Å². The highest BCUT2D eigenvalue weighted by Gasteiger charge is 2.07. The average molecular weight is 338 g/mol. The summed E-state index contributed by atoms with van der Waals surface area (Å²) in [4.78, 5) is 0. The van der Waals surface area contributed by atoms with Crippen molar-refractivity contribution >= 4 is 22.6 Å². The minimum absolute atomic E-state index is 0.335. The Kier molecular flexibility index (Phi) is 3.75. The fourth-order valence-corrected chi connectivity index (χ4v) is 3.00. The van der Waals surface area contributed by atoms with Crippen LogP contribution in [0.2, 0.25) is 5.02 Å². The van der Waals surface area contributed by atoms with Gasteiger partial charge in [-0.15, -0.1) is 5.10 Å². The van der Waals surface area contributed by atoms with Crippen molar-refractivity contribution in [1.82, 2.24) is 15.0 Å². The van der Waals surface area contributed by atoms with Gasteiger partial charge in [-0.1, -0.05) is 53.2 Å². The molecule has 118 valence electrons. The van der Waals surface area contributed by atoms with Gasteiger partial charge < -0.3 is 0 Å². The van der Waals surface area contributed by atoms with Crippen LogP contribution in [0, 0.1) is 5.82 Å². The van der Waals surface area contributed by atoms with Gasteiger partial charge in [0.1, 0.15) is 11.3 Å². The number of rotatable bonds is 3. The molecule has 0 saturated carbocycles. The van der Waals surface area contributed by atoms with Crippen LogP contribution in [0.1, 0.15) is 5.56 Å². The summed E-state index contributed by atoms with van der Waals surface area (Å²) in [7, 11) is 0. The van der Waals surface area contributed by atoms with Crippen molar-refractivity contribution < 1.29 is 4.39 Å². The Labute approximate surface area is 143 Å². The van der Waals surface area contributed by atoms with E-state index in [4.69, 9.17) is 11.6 Å². The molecule has 3 nitrogen and oxygen atoms in total. The first kappa shape index (κ1) is 14.8. The summed E-state index contributed by atoms with van der Waals surface area (Å²) < 4.78 is 15.0. The molecule has 0 bridgehead atoms. The number of hydrogen-bond donors (Lipinski definition) is 0. The predicted octanol–water partition coefficient (Wildman–Crippen LogP) is 4.94. The van der Waals surface area contributed by atoms with Crippen molar-refractivity contribution in [1.29, 1.82) is 0 Å². The van der Waals surface area contributed by atoms with E-state index in [1.807, 2.05) is 53.2 Å². The van der Waals surface area contributed by atoms with Crippen LogP contribution in [-0.2, 0) is 6.54 Å². The molecule has 0 fully saturated rings. The van der Waals surface area contributed by atoms with Crippen LogP contribution in [0.5, 0.6) is 0 Å². The quantitative estimate of drug-likeness (QED) is 0.530. The Morgan fingerprint density at radius 1 is 0.958 bits per heavy atom. The third kappa shape index (κ3) is 2.76. The summed E-state index contributed by atoms with van der Waals surface area (Å²) in [5.74, 6) is -0.335. The highest BCUT2D eigenvalue weighted by Crippen LogP contribution is 2.28. The molecule has 0 spiro atoms. The fraction of sp³-hybridized carbons (Fsp3) is 0.0526. The van der Waals surface area contributed by atoms with Crippen molar-refractivity contribution in [3.05, 3.63) is 83.1 Å². The molecule has 0 atom stereocenters. The van der Waals surface area contributed by atoms with E-state index in [0.717, 1.165) is 27.7 Å². The fourth-order valence-electron chi connectivity index (χ4n) is 2.72. The lowest BCUT2D eigenvalue weighted by atomic mass is 10.0. The molecule has 1 aromatic heterocycles. The standard InChI is InChI=1S/C19H13ClFN3/c20-17-11-15(21)9-10-16(17)14-7-5-13(6-8-14)12-24-19-4-2-1-3-18(19)22-23-24/h1-11H,12H2. The lowest BCUT2D eigenvalue weighted by Crippen LogP contribution is -2.01. The van der Waals surface area contributed by atoms with E-state index in [-0.39, 0.29) is 5.82 Å². The molecule has 0 amide bonds. The maximum absolute atomic E-state index is 13.2. The SMILES string of the molecule is Fc1ccc(-c2ccc(Cn3nnc4ccccc43)cc2)c(Cl)c1. The summed E-state index contributed by atoms with van der Waals surface area (Å²) >= 11 is 6.12. The third-order valence-corrected chi connectivity index (χ3v) is 4.26. The topological polar surface area (TPSA) is 30.7 Å². The van der Waals surface area contributed by atoms with Crippen molar-refractivity contribution in [2.75, 3.05) is 0 Å². The first-order chi connectivity index (χ1) is 11.7. The molecule has 4 rings (SSSR count). The molecule has 0 saturated heterocycles. The number of fused-ring (bicyclic) bond motifs is 1. The minimum atomic E-state index is -0.335. The number of aromatic nitrogens is 3. The van der Waals surface area contributed by atoms with Gasteiger partial charge in [0.25, 0.3) is 0 Å². The molecule has 24 heavy (non-hydrogen) atoms. The van der Waals surface area contributed by atoms with Crippen LogP contribution in [0.3, 0.4) is 0 Å². The number of benzene rings is 3. The maximum Gasteiger partial charge on any atom is 0.124 e. The zero-order valence-electron chi connectivity index (χ0n) is 12.7. The van der Waals surface area contributed by atoms with Crippen LogP contribution >= 0.6 is 11.6 Å². The smallest absolute Gasteiger partial charge is 0.124 e. The van der Waals surface area contributed by atoms with Gasteiger partial charge in [0.15, 0.2) is 0 Å². The molecular formula is C19H13ClFN3. The molecule has 1 heterocycles. The summed E-state index contributed by atoms with van der Waals surface area (Å²) in [6.07, 6.45) is 0. The summed E-state index contributed by atoms with van der Waals surface area (Å²) in [6, 6.07) is 20.3. The summed E-state index contributed by atoms with van der Waals surface area (Å²) in [6.45, 7) is 0.637. The van der Waals surface area contributed by atoms with Crippen LogP contribution in [0.25, 0.3) is 22.2 Å². The Hall–Kier alpha value is -2.72. The lowest BCUT2D eigenvalue weighted by molar-refractivity contribution is 0.628. The molecule has 3 aromatic carbocycles. The molecule has 4 aromatic rings. The van der Waals surface area contributed by atoms with Gasteiger partial charge in [0.2, 0.25) is 0 Å². The third-order valence-electron chi connectivity index (χ3n) is 3.95. The van der Waals surface area contributed by atoms with Gasteiger partial charge in [-0.3, -0.25) is 0 Å². The average Bonchev–Trinajstić information content (AvgIpc) is 2.99. The van der Waals surface area contributed by atoms with Crippen molar-refractivity contribution in [2.24, 2.45) is 0 Å². The second kappa shape index (κ2) is 6.06. The lowest BCUT2D eigenvalue weighted by Gasteiger charge is -2.07. The second-order valence-electron chi connectivity index (χ2n) is 5.56. The molecule has 0 aliphatic rings. The van der Waals surface area contributed by atoms with Gasteiger partial charge in [0.05, 0.1) is 17.1 Å². The van der Waals surface area contributed by atoms with E-state index in [1.165, 1.54) is 12.1 Å². The molecule has 0 unspecified atom stereocenters. The van der Waals surface area contributed by atoms with E-state index in [2.05, 4.69) is 10.3 Å². The molecule has 0 N–H and O–H groups in total. The van der Waals surface area contributed by atoms with E-state index < -0.39 is 0 Å². The monoisotopic (exact) mass is 337 g/mol. The summed E-state index contributed by atoms with van der Waals surface area (Å²) in [5.41, 5.74) is 4.76. The number of para-hydroxylation sites is 1. The minimum Gasteiger partial charge on any atom is -0.240 e. The van der Waals surface area contributed by atoms with Gasteiger partial charge in [-0.2, -0.15) is 0 Å². The Bertz CT molecular complexity index is 1010. The number of nitrogens with zero attached hydrogens (tertiary/aromatic N) is 3. The van der Waals surface area contributed by atoms with E-state index >= 15 is 0 Å². The van der Waals surface area contributed by atoms with E-state index in [1.54, 1.807) is 6.07 Å². The van der Waals surface area contributed by atoms with Crippen molar-refractivity contribution in [3.8, 4) is 11.1 Å². The zero-order chi connectivity index (χ0) is 16.5. The van der Waals surface area contributed by atoms with Gasteiger partial charge in [0, 0.05) is 5.56 Å². The summed E-state index contributed by atoms with van der Waals surface area (Å²) in [5, 5.41) is 8.77. The normalized spacial score (nSPS) is 11.1. The molecule has 0 radical (unpaired) electrons. The first-order valence-electron chi connectivity index (χ1n) is 7.53. The van der Waals surface area contributed by atoms with E-state index in [0.29, 0.717) is 11.6 Å². The van der Waals surface area contributed by atoms with Crippen LogP contribution in [-0.4, -0.2) is 15.0 Å². The zero-order valence-corrected chi connectivity index (χ0v) is 13.4. The molecule has 0 aliphatic carbocycles. The molecule has 0 aliphatic heterocycles. The van der Waals surface area contributed by atoms with Crippen molar-refractivity contribution in [2.45, 2.75) is 6.54 Å². The first-order valence-corrected chi connectivity index (χ1v) is 7.91. The Morgan fingerprint density at radius 2 is 1.75 bits per heavy atom. The Balaban J connectivity index is 1.62.